The van der Waals surface area contributed by atoms with Crippen LogP contribution in [0.15, 0.2) is 16.3 Å². The predicted octanol–water partition coefficient (Wildman–Crippen LogP) is 1.28. The summed E-state index contributed by atoms with van der Waals surface area (Å²) in [5, 5.41) is 1.59. The number of nitrogens with two attached hydrogens (primary N) is 1. The molecule has 2 N–H and O–H groups in total. The number of rotatable bonds is 4. The summed E-state index contributed by atoms with van der Waals surface area (Å²) in [5.74, 6) is -0.459. The van der Waals surface area contributed by atoms with E-state index in [1.54, 1.807) is 5.38 Å². The number of carbonyl (C=O) groups excluding carboxylic acids is 1. The maximum atomic E-state index is 12.8. The van der Waals surface area contributed by atoms with E-state index in [1.165, 1.54) is 17.5 Å². The zero-order valence-electron chi connectivity index (χ0n) is 12.1. The van der Waals surface area contributed by atoms with Crippen molar-refractivity contribution in [3.05, 3.63) is 16.3 Å². The van der Waals surface area contributed by atoms with Crippen molar-refractivity contribution in [2.75, 3.05) is 20.2 Å². The third-order valence-electron chi connectivity index (χ3n) is 3.84. The Kier molecular flexibility index (Phi) is 5.03. The summed E-state index contributed by atoms with van der Waals surface area (Å²) in [7, 11) is -2.47. The molecule has 6 nitrogen and oxygen atoms in total. The van der Waals surface area contributed by atoms with Crippen molar-refractivity contribution in [3.8, 4) is 0 Å². The van der Waals surface area contributed by atoms with Gasteiger partial charge in [-0.2, -0.15) is 4.31 Å². The van der Waals surface area contributed by atoms with Crippen LogP contribution in [-0.4, -0.2) is 44.9 Å². The minimum atomic E-state index is -3.71. The van der Waals surface area contributed by atoms with Crippen molar-refractivity contribution in [2.45, 2.75) is 30.7 Å². The lowest BCUT2D eigenvalue weighted by molar-refractivity contribution is 0.0602. The third-order valence-corrected chi connectivity index (χ3v) is 6.89. The topological polar surface area (TPSA) is 89.7 Å². The van der Waals surface area contributed by atoms with E-state index in [-0.39, 0.29) is 21.7 Å². The minimum absolute atomic E-state index is 0.0314. The Morgan fingerprint density at radius 1 is 1.52 bits per heavy atom. The van der Waals surface area contributed by atoms with Crippen LogP contribution in [0.5, 0.6) is 0 Å². The molecule has 1 fully saturated rings. The van der Waals surface area contributed by atoms with Gasteiger partial charge >= 0.3 is 5.97 Å². The fraction of sp³-hybridized carbons (Fsp3) is 0.615. The molecule has 0 aromatic carbocycles. The first-order valence-electron chi connectivity index (χ1n) is 6.79. The Hall–Kier alpha value is -0.960. The van der Waals surface area contributed by atoms with Crippen molar-refractivity contribution in [2.24, 2.45) is 11.7 Å². The van der Waals surface area contributed by atoms with Gasteiger partial charge in [-0.1, -0.05) is 0 Å². The lowest BCUT2D eigenvalue weighted by Crippen LogP contribution is -2.47. The highest BCUT2D eigenvalue weighted by molar-refractivity contribution is 7.89. The molecule has 1 saturated heterocycles. The maximum Gasteiger partial charge on any atom is 0.349 e. The van der Waals surface area contributed by atoms with E-state index < -0.39 is 16.0 Å². The van der Waals surface area contributed by atoms with Crippen LogP contribution in [0.3, 0.4) is 0 Å². The lowest BCUT2D eigenvalue weighted by atomic mass is 9.96. The second kappa shape index (κ2) is 6.43. The summed E-state index contributed by atoms with van der Waals surface area (Å²) in [4.78, 5) is 11.9. The van der Waals surface area contributed by atoms with Gasteiger partial charge < -0.3 is 10.5 Å². The Balaban J connectivity index is 2.37. The average molecular weight is 332 g/mol. The van der Waals surface area contributed by atoms with Gasteiger partial charge in [0.15, 0.2) is 0 Å². The molecule has 8 heteroatoms. The Bertz CT molecular complexity index is 611. The van der Waals surface area contributed by atoms with E-state index in [9.17, 15) is 13.2 Å². The van der Waals surface area contributed by atoms with Crippen molar-refractivity contribution in [1.82, 2.24) is 4.31 Å². The number of methoxy groups -OCH3 is 1. The van der Waals surface area contributed by atoms with Gasteiger partial charge in [-0.25, -0.2) is 13.2 Å². The highest BCUT2D eigenvalue weighted by atomic mass is 32.2. The van der Waals surface area contributed by atoms with Gasteiger partial charge in [0, 0.05) is 12.6 Å². The highest BCUT2D eigenvalue weighted by Gasteiger charge is 2.37. The molecule has 0 amide bonds. The van der Waals surface area contributed by atoms with Crippen LogP contribution in [0.4, 0.5) is 0 Å². The molecule has 118 valence electrons. The molecule has 21 heavy (non-hydrogen) atoms. The number of piperidine rings is 1. The van der Waals surface area contributed by atoms with E-state index in [2.05, 4.69) is 4.74 Å². The average Bonchev–Trinajstić information content (AvgIpc) is 2.97. The summed E-state index contributed by atoms with van der Waals surface area (Å²) in [5.41, 5.74) is 5.68. The number of hydrogen-bond donors (Lipinski definition) is 1. The molecule has 1 aromatic heterocycles. The molecule has 2 rings (SSSR count). The molecule has 0 aliphatic carbocycles. The molecule has 1 aromatic rings. The molecule has 0 spiro atoms. The highest BCUT2D eigenvalue weighted by Crippen LogP contribution is 2.31. The van der Waals surface area contributed by atoms with Crippen LogP contribution >= 0.6 is 11.3 Å². The summed E-state index contributed by atoms with van der Waals surface area (Å²) in [6.45, 7) is 2.75. The molecular weight excluding hydrogens is 312 g/mol. The minimum Gasteiger partial charge on any atom is -0.465 e. The number of thiophene rings is 1. The first kappa shape index (κ1) is 16.4. The Labute approximate surface area is 128 Å². The van der Waals surface area contributed by atoms with E-state index >= 15 is 0 Å². The first-order valence-corrected chi connectivity index (χ1v) is 9.11. The second-order valence-corrected chi connectivity index (χ2v) is 7.98. The van der Waals surface area contributed by atoms with Gasteiger partial charge in [-0.15, -0.1) is 11.3 Å². The molecule has 0 radical (unpaired) electrons. The van der Waals surface area contributed by atoms with Crippen LogP contribution in [0.25, 0.3) is 0 Å². The zero-order valence-corrected chi connectivity index (χ0v) is 13.7. The Morgan fingerprint density at radius 3 is 2.86 bits per heavy atom. The largest absolute Gasteiger partial charge is 0.465 e. The van der Waals surface area contributed by atoms with Crippen LogP contribution in [0, 0.1) is 5.92 Å². The zero-order chi connectivity index (χ0) is 15.6. The fourth-order valence-electron chi connectivity index (χ4n) is 2.54. The Morgan fingerprint density at radius 2 is 2.24 bits per heavy atom. The fourth-order valence-corrected chi connectivity index (χ4v) is 5.59. The van der Waals surface area contributed by atoms with Crippen molar-refractivity contribution < 1.29 is 17.9 Å². The van der Waals surface area contributed by atoms with Gasteiger partial charge in [0.2, 0.25) is 10.0 Å². The molecule has 0 bridgehead atoms. The molecular formula is C13H20N2O4S2. The smallest absolute Gasteiger partial charge is 0.349 e. The van der Waals surface area contributed by atoms with Crippen LogP contribution in [0.2, 0.25) is 0 Å². The van der Waals surface area contributed by atoms with Gasteiger partial charge in [-0.05, 0) is 43.7 Å². The molecule has 1 aliphatic heterocycles. The second-order valence-electron chi connectivity index (χ2n) is 5.21. The molecule has 1 aliphatic rings. The third kappa shape index (κ3) is 3.13. The standard InChI is InChI=1S/C13H20N2O4S2/c1-9-3-4-10(7-14)8-15(9)21(17,18)11-5-6-20-12(11)13(16)19-2/h5-6,9-10H,3-4,7-8,14H2,1-2H3. The first-order chi connectivity index (χ1) is 9.91. The molecule has 0 saturated carbocycles. The monoisotopic (exact) mass is 332 g/mol. The number of ether oxygens (including phenoxy) is 1. The number of sulfonamides is 1. The van der Waals surface area contributed by atoms with Crippen molar-refractivity contribution >= 4 is 27.3 Å². The van der Waals surface area contributed by atoms with E-state index in [0.717, 1.165) is 24.2 Å². The van der Waals surface area contributed by atoms with Crippen molar-refractivity contribution in [1.29, 1.82) is 0 Å². The summed E-state index contributed by atoms with van der Waals surface area (Å²) < 4.78 is 31.8. The van der Waals surface area contributed by atoms with E-state index in [1.807, 2.05) is 6.92 Å². The number of nitrogens with zero attached hydrogens (tertiary/aromatic N) is 1. The van der Waals surface area contributed by atoms with Crippen LogP contribution < -0.4 is 5.73 Å². The summed E-state index contributed by atoms with van der Waals surface area (Å²) in [6.07, 6.45) is 1.70. The summed E-state index contributed by atoms with van der Waals surface area (Å²) in [6, 6.07) is 1.37. The quantitative estimate of drug-likeness (QED) is 0.839. The van der Waals surface area contributed by atoms with E-state index in [4.69, 9.17) is 5.73 Å². The molecule has 2 unspecified atom stereocenters. The predicted molar refractivity (Wildman–Crippen MR) is 80.8 cm³/mol. The number of carbonyl (C=O) groups is 1. The van der Waals surface area contributed by atoms with Gasteiger partial charge in [0.1, 0.15) is 9.77 Å². The van der Waals surface area contributed by atoms with E-state index in [0.29, 0.717) is 13.1 Å². The normalized spacial score (nSPS) is 24.0. The van der Waals surface area contributed by atoms with Crippen LogP contribution in [0.1, 0.15) is 29.4 Å². The van der Waals surface area contributed by atoms with Gasteiger partial charge in [0.25, 0.3) is 0 Å². The van der Waals surface area contributed by atoms with Gasteiger partial charge in [0.05, 0.1) is 7.11 Å². The number of esters is 1. The number of hydrogen-bond acceptors (Lipinski definition) is 6. The van der Waals surface area contributed by atoms with Crippen molar-refractivity contribution in [3.63, 3.8) is 0 Å². The molecule has 2 heterocycles. The maximum absolute atomic E-state index is 12.8. The van der Waals surface area contributed by atoms with Crippen LogP contribution in [-0.2, 0) is 14.8 Å². The lowest BCUT2D eigenvalue weighted by Gasteiger charge is -2.36. The van der Waals surface area contributed by atoms with Gasteiger partial charge in [-0.3, -0.25) is 0 Å². The molecule has 2 atom stereocenters. The summed E-state index contributed by atoms with van der Waals surface area (Å²) >= 11 is 1.08. The SMILES string of the molecule is COC(=O)c1sccc1S(=O)(=O)N1CC(CN)CCC1C.